The number of aliphatic hydroxyl groups is 2. The molecule has 178 valence electrons. The van der Waals surface area contributed by atoms with Crippen molar-refractivity contribution in [3.63, 3.8) is 0 Å². The van der Waals surface area contributed by atoms with Crippen LogP contribution in [-0.2, 0) is 28.7 Å². The standard InChI is InChI=1S/C16H23N5O11/c17-16(14(29)30,5-8(24)25)20-7(23)1-3-18-12(28)11-9(26)10(27)13(32-11)21-4-2-6(22)19-15(21)31/h9-11,13,26-27H,1-5,17H2,(H,18,28)(H,20,23)(H,24,25)(H,29,30)(H,19,22,31)/t9-,10-,11-,13+,16-/m0/s1. The third-order valence-corrected chi connectivity index (χ3v) is 4.72. The average Bonchev–Trinajstić information content (AvgIpc) is 2.96. The Kier molecular flexibility index (Phi) is 7.68. The Hall–Kier alpha value is -3.34. The highest BCUT2D eigenvalue weighted by molar-refractivity contribution is 5.96. The van der Waals surface area contributed by atoms with Gasteiger partial charge in [-0.3, -0.25) is 35.1 Å². The Morgan fingerprint density at radius 3 is 2.41 bits per heavy atom. The highest BCUT2D eigenvalue weighted by atomic mass is 16.6. The number of aliphatic carboxylic acids is 2. The minimum Gasteiger partial charge on any atom is -0.481 e. The molecule has 0 aromatic heterocycles. The number of hydrogen-bond acceptors (Lipinski definition) is 10. The van der Waals surface area contributed by atoms with Gasteiger partial charge in [0.25, 0.3) is 5.91 Å². The Labute approximate surface area is 179 Å². The smallest absolute Gasteiger partial charge is 0.345 e. The zero-order valence-corrected chi connectivity index (χ0v) is 16.5. The molecule has 0 unspecified atom stereocenters. The molecule has 2 heterocycles. The lowest BCUT2D eigenvalue weighted by molar-refractivity contribution is -0.153. The Morgan fingerprint density at radius 1 is 1.19 bits per heavy atom. The van der Waals surface area contributed by atoms with Crippen molar-refractivity contribution in [1.29, 1.82) is 0 Å². The predicted molar refractivity (Wildman–Crippen MR) is 98.1 cm³/mol. The largest absolute Gasteiger partial charge is 0.481 e. The van der Waals surface area contributed by atoms with Crippen LogP contribution < -0.4 is 21.7 Å². The van der Waals surface area contributed by atoms with Crippen LogP contribution in [0, 0.1) is 0 Å². The van der Waals surface area contributed by atoms with Crippen LogP contribution >= 0.6 is 0 Å². The van der Waals surface area contributed by atoms with E-state index in [4.69, 9.17) is 20.7 Å². The molecule has 16 heteroatoms. The van der Waals surface area contributed by atoms with Crippen molar-refractivity contribution in [3.05, 3.63) is 0 Å². The van der Waals surface area contributed by atoms with Crippen molar-refractivity contribution in [3.8, 4) is 0 Å². The van der Waals surface area contributed by atoms with Crippen LogP contribution in [0.2, 0.25) is 0 Å². The SMILES string of the molecule is N[C@@](CC(=O)O)(NC(=O)CCNC(=O)[C@H]1O[C@@H](N2CCC(=O)NC2=O)[C@@H](O)[C@@H]1O)C(=O)O. The number of rotatable bonds is 9. The lowest BCUT2D eigenvalue weighted by atomic mass is 10.1. The molecule has 0 radical (unpaired) electrons. The van der Waals surface area contributed by atoms with Gasteiger partial charge in [-0.25, -0.2) is 9.59 Å². The lowest BCUT2D eigenvalue weighted by Crippen LogP contribution is -2.62. The Morgan fingerprint density at radius 2 is 1.84 bits per heavy atom. The molecule has 0 aromatic carbocycles. The molecule has 2 rings (SSSR count). The molecule has 0 aromatic rings. The number of carboxylic acid groups (broad SMARTS) is 2. The van der Waals surface area contributed by atoms with Gasteiger partial charge in [-0.05, 0) is 0 Å². The van der Waals surface area contributed by atoms with Gasteiger partial charge in [-0.15, -0.1) is 0 Å². The molecule has 5 amide bonds. The highest BCUT2D eigenvalue weighted by Gasteiger charge is 2.50. The van der Waals surface area contributed by atoms with Gasteiger partial charge in [0.05, 0.1) is 6.42 Å². The number of amides is 5. The van der Waals surface area contributed by atoms with Crippen LogP contribution in [0.1, 0.15) is 19.3 Å². The van der Waals surface area contributed by atoms with Crippen LogP contribution in [0.25, 0.3) is 0 Å². The number of nitrogens with one attached hydrogen (secondary N) is 3. The second-order valence-corrected chi connectivity index (χ2v) is 7.16. The maximum absolute atomic E-state index is 12.3. The molecule has 16 nitrogen and oxygen atoms in total. The van der Waals surface area contributed by atoms with Gasteiger partial charge in [0, 0.05) is 25.9 Å². The topological polar surface area (TPSA) is 258 Å². The van der Waals surface area contributed by atoms with Gasteiger partial charge in [-0.1, -0.05) is 0 Å². The van der Waals surface area contributed by atoms with Crippen LogP contribution in [0.3, 0.4) is 0 Å². The van der Waals surface area contributed by atoms with E-state index >= 15 is 0 Å². The van der Waals surface area contributed by atoms with Gasteiger partial charge in [0.2, 0.25) is 11.8 Å². The molecule has 9 N–H and O–H groups in total. The minimum atomic E-state index is -2.55. The molecule has 0 aliphatic carbocycles. The van der Waals surface area contributed by atoms with Crippen LogP contribution in [-0.4, -0.2) is 104 Å². The molecule has 0 spiro atoms. The van der Waals surface area contributed by atoms with E-state index < -0.39 is 78.7 Å². The van der Waals surface area contributed by atoms with Crippen LogP contribution in [0.5, 0.6) is 0 Å². The summed E-state index contributed by atoms with van der Waals surface area (Å²) < 4.78 is 5.28. The van der Waals surface area contributed by atoms with Crippen LogP contribution in [0.15, 0.2) is 0 Å². The van der Waals surface area contributed by atoms with E-state index in [0.717, 1.165) is 4.90 Å². The first kappa shape index (κ1) is 24.9. The summed E-state index contributed by atoms with van der Waals surface area (Å²) in [6.45, 7) is -0.478. The summed E-state index contributed by atoms with van der Waals surface area (Å²) in [5.41, 5.74) is 2.82. The molecular formula is C16H23N5O11. The molecule has 5 atom stereocenters. The highest BCUT2D eigenvalue weighted by Crippen LogP contribution is 2.25. The van der Waals surface area contributed by atoms with Crippen molar-refractivity contribution in [2.45, 2.75) is 49.5 Å². The maximum Gasteiger partial charge on any atom is 0.345 e. The first-order chi connectivity index (χ1) is 14.9. The molecule has 2 saturated heterocycles. The molecule has 32 heavy (non-hydrogen) atoms. The Bertz CT molecular complexity index is 820. The fourth-order valence-electron chi connectivity index (χ4n) is 3.08. The van der Waals surface area contributed by atoms with Crippen molar-refractivity contribution in [1.82, 2.24) is 20.9 Å². The summed E-state index contributed by atoms with van der Waals surface area (Å²) in [6.07, 6.45) is -8.04. The number of carbonyl (C=O) groups excluding carboxylic acids is 4. The number of nitrogens with two attached hydrogens (primary N) is 1. The number of ether oxygens (including phenoxy) is 1. The van der Waals surface area contributed by atoms with Crippen LogP contribution in [0.4, 0.5) is 4.79 Å². The molecular weight excluding hydrogens is 438 g/mol. The van der Waals surface area contributed by atoms with Gasteiger partial charge in [0.15, 0.2) is 18.0 Å². The lowest BCUT2D eigenvalue weighted by Gasteiger charge is -2.32. The van der Waals surface area contributed by atoms with Gasteiger partial charge in [-0.2, -0.15) is 0 Å². The van der Waals surface area contributed by atoms with Gasteiger partial charge >= 0.3 is 18.0 Å². The van der Waals surface area contributed by atoms with E-state index in [9.17, 15) is 39.0 Å². The zero-order chi connectivity index (χ0) is 24.2. The van der Waals surface area contributed by atoms with E-state index in [1.807, 2.05) is 10.6 Å². The van der Waals surface area contributed by atoms with E-state index in [0.29, 0.717) is 0 Å². The van der Waals surface area contributed by atoms with Crippen molar-refractivity contribution in [2.24, 2.45) is 5.73 Å². The number of carboxylic acids is 2. The summed E-state index contributed by atoms with van der Waals surface area (Å²) in [4.78, 5) is 70.1. The maximum atomic E-state index is 12.3. The first-order valence-corrected chi connectivity index (χ1v) is 9.30. The monoisotopic (exact) mass is 461 g/mol. The van der Waals surface area contributed by atoms with Gasteiger partial charge in [0.1, 0.15) is 12.2 Å². The van der Waals surface area contributed by atoms with Crippen molar-refractivity contribution in [2.75, 3.05) is 13.1 Å². The van der Waals surface area contributed by atoms with Crippen molar-refractivity contribution >= 4 is 35.7 Å². The fourth-order valence-corrected chi connectivity index (χ4v) is 3.08. The van der Waals surface area contributed by atoms with E-state index in [-0.39, 0.29) is 19.5 Å². The van der Waals surface area contributed by atoms with E-state index in [1.165, 1.54) is 0 Å². The number of imide groups is 1. The second kappa shape index (κ2) is 9.86. The summed E-state index contributed by atoms with van der Waals surface area (Å²) in [5, 5.41) is 44.1. The number of urea groups is 1. The second-order valence-electron chi connectivity index (χ2n) is 7.16. The minimum absolute atomic E-state index is 0.0682. The number of aliphatic hydroxyl groups excluding tert-OH is 2. The zero-order valence-electron chi connectivity index (χ0n) is 16.5. The quantitative estimate of drug-likeness (QED) is 0.150. The molecule has 2 aliphatic heterocycles. The first-order valence-electron chi connectivity index (χ1n) is 9.30. The van der Waals surface area contributed by atoms with Gasteiger partial charge < -0.3 is 35.8 Å². The normalized spacial score (nSPS) is 27.3. The van der Waals surface area contributed by atoms with Crippen molar-refractivity contribution < 1.29 is 53.9 Å². The summed E-state index contributed by atoms with van der Waals surface area (Å²) in [7, 11) is 0. The van der Waals surface area contributed by atoms with E-state index in [1.54, 1.807) is 0 Å². The Balaban J connectivity index is 1.88. The summed E-state index contributed by atoms with van der Waals surface area (Å²) in [6, 6.07) is -0.861. The molecule has 0 saturated carbocycles. The molecule has 2 fully saturated rings. The summed E-state index contributed by atoms with van der Waals surface area (Å²) >= 11 is 0. The molecule has 0 bridgehead atoms. The average molecular weight is 461 g/mol. The fraction of sp³-hybridized carbons (Fsp3) is 0.625. The predicted octanol–water partition coefficient (Wildman–Crippen LogP) is -4.79. The third kappa shape index (κ3) is 5.67. The number of nitrogens with zero attached hydrogens (tertiary/aromatic N) is 1. The number of hydrogen-bond donors (Lipinski definition) is 8. The molecule has 2 aliphatic rings. The number of carbonyl (C=O) groups is 6. The third-order valence-electron chi connectivity index (χ3n) is 4.72. The summed E-state index contributed by atoms with van der Waals surface area (Å²) in [5.74, 6) is -5.78. The van der Waals surface area contributed by atoms with E-state index in [2.05, 4.69) is 5.32 Å².